The molecule has 0 aliphatic carbocycles. The molecule has 0 saturated heterocycles. The lowest BCUT2D eigenvalue weighted by atomic mass is 10.1. The molecule has 2 aromatic rings. The molecule has 0 saturated carbocycles. The molecular formula is C17H23N3S. The molecular weight excluding hydrogens is 278 g/mol. The molecule has 0 fully saturated rings. The number of benzene rings is 1. The smallest absolute Gasteiger partial charge is 0.191 e. The first-order valence-electron chi connectivity index (χ1n) is 7.36. The van der Waals surface area contributed by atoms with E-state index in [-0.39, 0.29) is 0 Å². The molecule has 0 radical (unpaired) electrons. The number of aliphatic imine (C=N–C) groups is 1. The Morgan fingerprint density at radius 3 is 2.48 bits per heavy atom. The van der Waals surface area contributed by atoms with Crippen LogP contribution in [-0.2, 0) is 19.4 Å². The largest absolute Gasteiger partial charge is 0.356 e. The Morgan fingerprint density at radius 1 is 1.10 bits per heavy atom. The van der Waals surface area contributed by atoms with E-state index in [1.165, 1.54) is 16.0 Å². The van der Waals surface area contributed by atoms with Crippen LogP contribution >= 0.6 is 11.3 Å². The molecule has 0 amide bonds. The summed E-state index contributed by atoms with van der Waals surface area (Å²) in [6.45, 7) is 3.89. The van der Waals surface area contributed by atoms with Crippen molar-refractivity contribution in [2.45, 2.75) is 26.3 Å². The number of guanidine groups is 1. The monoisotopic (exact) mass is 301 g/mol. The Balaban J connectivity index is 1.72. The lowest BCUT2D eigenvalue weighted by Crippen LogP contribution is -2.37. The van der Waals surface area contributed by atoms with E-state index in [9.17, 15) is 0 Å². The highest BCUT2D eigenvalue weighted by Gasteiger charge is 1.99. The number of thiophene rings is 1. The Kier molecular flexibility index (Phi) is 6.28. The van der Waals surface area contributed by atoms with Crippen LogP contribution in [0.25, 0.3) is 0 Å². The third kappa shape index (κ3) is 5.23. The maximum atomic E-state index is 4.25. The van der Waals surface area contributed by atoms with E-state index in [2.05, 4.69) is 64.3 Å². The molecule has 0 atom stereocenters. The van der Waals surface area contributed by atoms with Crippen LogP contribution in [0.4, 0.5) is 0 Å². The zero-order chi connectivity index (χ0) is 14.9. The molecule has 2 rings (SSSR count). The van der Waals surface area contributed by atoms with E-state index in [4.69, 9.17) is 0 Å². The van der Waals surface area contributed by atoms with Gasteiger partial charge in [0, 0.05) is 18.5 Å². The van der Waals surface area contributed by atoms with E-state index in [1.807, 2.05) is 0 Å². The highest BCUT2D eigenvalue weighted by atomic mass is 32.1. The number of nitrogens with one attached hydrogen (secondary N) is 2. The summed E-state index contributed by atoms with van der Waals surface area (Å²) in [4.78, 5) is 5.56. The number of rotatable bonds is 6. The van der Waals surface area contributed by atoms with Crippen molar-refractivity contribution in [1.29, 1.82) is 0 Å². The van der Waals surface area contributed by atoms with Crippen molar-refractivity contribution < 1.29 is 0 Å². The average molecular weight is 301 g/mol. The van der Waals surface area contributed by atoms with Gasteiger partial charge in [-0.25, -0.2) is 0 Å². The summed E-state index contributed by atoms with van der Waals surface area (Å²) in [6.07, 6.45) is 2.10. The van der Waals surface area contributed by atoms with E-state index in [0.717, 1.165) is 31.9 Å². The zero-order valence-electron chi connectivity index (χ0n) is 12.7. The minimum absolute atomic E-state index is 0.822. The standard InChI is InChI=1S/C17H23N3S/c1-3-14-6-8-15(9-7-14)10-11-19-17(18-2)20-13-16-5-4-12-21-16/h4-9,12H,3,10-11,13H2,1-2H3,(H2,18,19,20). The maximum Gasteiger partial charge on any atom is 0.191 e. The summed E-state index contributed by atoms with van der Waals surface area (Å²) >= 11 is 1.75. The summed E-state index contributed by atoms with van der Waals surface area (Å²) < 4.78 is 0. The quantitative estimate of drug-likeness (QED) is 0.635. The summed E-state index contributed by atoms with van der Waals surface area (Å²) in [5.41, 5.74) is 2.74. The van der Waals surface area contributed by atoms with Gasteiger partial charge in [0.2, 0.25) is 0 Å². The van der Waals surface area contributed by atoms with Gasteiger partial charge in [0.05, 0.1) is 6.54 Å². The van der Waals surface area contributed by atoms with E-state index in [1.54, 1.807) is 18.4 Å². The third-order valence-electron chi connectivity index (χ3n) is 3.37. The van der Waals surface area contributed by atoms with Gasteiger partial charge in [0.1, 0.15) is 0 Å². The summed E-state index contributed by atoms with van der Waals surface area (Å²) in [6, 6.07) is 13.0. The number of hydrogen-bond donors (Lipinski definition) is 2. The molecule has 0 aliphatic heterocycles. The van der Waals surface area contributed by atoms with E-state index < -0.39 is 0 Å². The molecule has 0 spiro atoms. The number of hydrogen-bond acceptors (Lipinski definition) is 2. The Morgan fingerprint density at radius 2 is 1.86 bits per heavy atom. The molecule has 1 aromatic heterocycles. The van der Waals surface area contributed by atoms with Crippen LogP contribution < -0.4 is 10.6 Å². The summed E-state index contributed by atoms with van der Waals surface area (Å²) in [5.74, 6) is 0.855. The highest BCUT2D eigenvalue weighted by molar-refractivity contribution is 7.09. The molecule has 3 nitrogen and oxygen atoms in total. The molecule has 1 aromatic carbocycles. The average Bonchev–Trinajstić information content (AvgIpc) is 3.04. The SMILES string of the molecule is CCc1ccc(CCNC(=NC)NCc2cccs2)cc1. The van der Waals surface area contributed by atoms with Gasteiger partial charge in [0.25, 0.3) is 0 Å². The second-order valence-electron chi connectivity index (χ2n) is 4.85. The van der Waals surface area contributed by atoms with Crippen LogP contribution in [-0.4, -0.2) is 19.6 Å². The Hall–Kier alpha value is -1.81. The Labute approximate surface area is 131 Å². The lowest BCUT2D eigenvalue weighted by Gasteiger charge is -2.11. The first-order valence-corrected chi connectivity index (χ1v) is 8.24. The molecule has 4 heteroatoms. The molecule has 2 N–H and O–H groups in total. The van der Waals surface area contributed by atoms with Crippen molar-refractivity contribution >= 4 is 17.3 Å². The van der Waals surface area contributed by atoms with E-state index in [0.29, 0.717) is 0 Å². The van der Waals surface area contributed by atoms with Crippen LogP contribution in [0.2, 0.25) is 0 Å². The van der Waals surface area contributed by atoms with Crippen molar-refractivity contribution in [3.8, 4) is 0 Å². The van der Waals surface area contributed by atoms with Gasteiger partial charge in [-0.1, -0.05) is 37.3 Å². The van der Waals surface area contributed by atoms with Crippen LogP contribution in [0.1, 0.15) is 22.9 Å². The molecule has 1 heterocycles. The molecule has 112 valence electrons. The second kappa shape index (κ2) is 8.47. The first kappa shape index (κ1) is 15.6. The Bertz CT molecular complexity index is 544. The van der Waals surface area contributed by atoms with Crippen molar-refractivity contribution in [3.63, 3.8) is 0 Å². The first-order chi connectivity index (χ1) is 10.3. The highest BCUT2D eigenvalue weighted by Crippen LogP contribution is 2.07. The molecule has 21 heavy (non-hydrogen) atoms. The van der Waals surface area contributed by atoms with Gasteiger partial charge in [-0.3, -0.25) is 4.99 Å². The third-order valence-corrected chi connectivity index (χ3v) is 4.25. The van der Waals surface area contributed by atoms with Crippen molar-refractivity contribution in [2.24, 2.45) is 4.99 Å². The van der Waals surface area contributed by atoms with Crippen LogP contribution in [0.3, 0.4) is 0 Å². The zero-order valence-corrected chi connectivity index (χ0v) is 13.5. The van der Waals surface area contributed by atoms with Crippen LogP contribution in [0, 0.1) is 0 Å². The maximum absolute atomic E-state index is 4.25. The fourth-order valence-electron chi connectivity index (χ4n) is 2.07. The summed E-state index contributed by atoms with van der Waals surface area (Å²) in [7, 11) is 1.81. The van der Waals surface area contributed by atoms with Crippen molar-refractivity contribution in [1.82, 2.24) is 10.6 Å². The van der Waals surface area contributed by atoms with Gasteiger partial charge in [-0.2, -0.15) is 0 Å². The van der Waals surface area contributed by atoms with Crippen LogP contribution in [0.15, 0.2) is 46.8 Å². The van der Waals surface area contributed by atoms with Gasteiger partial charge < -0.3 is 10.6 Å². The van der Waals surface area contributed by atoms with Crippen molar-refractivity contribution in [2.75, 3.05) is 13.6 Å². The number of aryl methyl sites for hydroxylation is 1. The minimum atomic E-state index is 0.822. The molecule has 0 unspecified atom stereocenters. The predicted octanol–water partition coefficient (Wildman–Crippen LogP) is 3.22. The van der Waals surface area contributed by atoms with Gasteiger partial charge >= 0.3 is 0 Å². The normalized spacial score (nSPS) is 11.4. The fraction of sp³-hybridized carbons (Fsp3) is 0.353. The second-order valence-corrected chi connectivity index (χ2v) is 5.88. The topological polar surface area (TPSA) is 36.4 Å². The fourth-order valence-corrected chi connectivity index (χ4v) is 2.72. The lowest BCUT2D eigenvalue weighted by molar-refractivity contribution is 0.799. The minimum Gasteiger partial charge on any atom is -0.356 e. The van der Waals surface area contributed by atoms with Gasteiger partial charge in [-0.15, -0.1) is 11.3 Å². The predicted molar refractivity (Wildman–Crippen MR) is 92.0 cm³/mol. The van der Waals surface area contributed by atoms with E-state index >= 15 is 0 Å². The van der Waals surface area contributed by atoms with Crippen molar-refractivity contribution in [3.05, 3.63) is 57.8 Å². The number of nitrogens with zero attached hydrogens (tertiary/aromatic N) is 1. The van der Waals surface area contributed by atoms with Gasteiger partial charge in [0.15, 0.2) is 5.96 Å². The molecule has 0 bridgehead atoms. The molecule has 0 aliphatic rings. The summed E-state index contributed by atoms with van der Waals surface area (Å²) in [5, 5.41) is 8.77. The van der Waals surface area contributed by atoms with Gasteiger partial charge in [-0.05, 0) is 35.4 Å². The van der Waals surface area contributed by atoms with Crippen LogP contribution in [0.5, 0.6) is 0 Å².